The van der Waals surface area contributed by atoms with Crippen LogP contribution in [0.1, 0.15) is 0 Å². The fourth-order valence-electron chi connectivity index (χ4n) is 1.05. The largest absolute Gasteiger partial charge is 0.496 e. The fourth-order valence-corrected chi connectivity index (χ4v) is 1.05. The van der Waals surface area contributed by atoms with Gasteiger partial charge in [-0.15, -0.1) is 0 Å². The summed E-state index contributed by atoms with van der Waals surface area (Å²) in [4.78, 5) is 11.9. The molecule has 14 heavy (non-hydrogen) atoms. The molecule has 0 aliphatic rings. The van der Waals surface area contributed by atoms with Crippen LogP contribution in [-0.2, 0) is 0 Å². The summed E-state index contributed by atoms with van der Waals surface area (Å²) in [6.07, 6.45) is 0. The highest BCUT2D eigenvalue weighted by Crippen LogP contribution is 2.26. The summed E-state index contributed by atoms with van der Waals surface area (Å²) < 4.78 is 4.96. The number of nitrogens with zero attached hydrogens (tertiary/aromatic N) is 2. The molecule has 0 aliphatic carbocycles. The molecule has 0 amide bonds. The SMILES string of the molecule is COc1cc(N(C)C)cc([N+](=O)[O-])c1. The number of nitro groups is 1. The van der Waals surface area contributed by atoms with Crippen LogP contribution in [0.25, 0.3) is 0 Å². The van der Waals surface area contributed by atoms with E-state index >= 15 is 0 Å². The van der Waals surface area contributed by atoms with E-state index in [1.807, 2.05) is 14.1 Å². The van der Waals surface area contributed by atoms with E-state index in [0.29, 0.717) is 5.75 Å². The van der Waals surface area contributed by atoms with Crippen LogP contribution in [0.4, 0.5) is 11.4 Å². The Morgan fingerprint density at radius 1 is 1.36 bits per heavy atom. The zero-order chi connectivity index (χ0) is 10.7. The zero-order valence-corrected chi connectivity index (χ0v) is 8.35. The van der Waals surface area contributed by atoms with E-state index in [9.17, 15) is 10.1 Å². The molecule has 0 unspecified atom stereocenters. The Labute approximate surface area is 82.1 Å². The van der Waals surface area contributed by atoms with E-state index < -0.39 is 4.92 Å². The molecule has 5 heteroatoms. The van der Waals surface area contributed by atoms with E-state index in [-0.39, 0.29) is 5.69 Å². The number of benzene rings is 1. The van der Waals surface area contributed by atoms with Crippen LogP contribution in [0.15, 0.2) is 18.2 Å². The first-order valence-electron chi connectivity index (χ1n) is 4.05. The Hall–Kier alpha value is -1.78. The van der Waals surface area contributed by atoms with Crippen LogP contribution in [0.5, 0.6) is 5.75 Å². The molecule has 0 aliphatic heterocycles. The smallest absolute Gasteiger partial charge is 0.275 e. The molecule has 5 nitrogen and oxygen atoms in total. The number of hydrogen-bond donors (Lipinski definition) is 0. The summed E-state index contributed by atoms with van der Waals surface area (Å²) in [5.74, 6) is 0.489. The molecule has 0 N–H and O–H groups in total. The standard InChI is InChI=1S/C9H12N2O3/c1-10(2)7-4-8(11(12)13)6-9(5-7)14-3/h4-6H,1-3H3. The maximum absolute atomic E-state index is 10.6. The lowest BCUT2D eigenvalue weighted by atomic mass is 10.2. The maximum atomic E-state index is 10.6. The summed E-state index contributed by atoms with van der Waals surface area (Å²) in [5.41, 5.74) is 0.782. The predicted octanol–water partition coefficient (Wildman–Crippen LogP) is 1.67. The number of methoxy groups -OCH3 is 1. The molecule has 0 heterocycles. The van der Waals surface area contributed by atoms with Gasteiger partial charge < -0.3 is 9.64 Å². The highest BCUT2D eigenvalue weighted by Gasteiger charge is 2.10. The van der Waals surface area contributed by atoms with Crippen molar-refractivity contribution in [1.82, 2.24) is 0 Å². The van der Waals surface area contributed by atoms with E-state index in [2.05, 4.69) is 0 Å². The van der Waals surface area contributed by atoms with Crippen LogP contribution >= 0.6 is 0 Å². The number of anilines is 1. The molecule has 1 rings (SSSR count). The van der Waals surface area contributed by atoms with Gasteiger partial charge >= 0.3 is 0 Å². The molecule has 0 bridgehead atoms. The van der Waals surface area contributed by atoms with E-state index in [1.54, 1.807) is 11.0 Å². The fraction of sp³-hybridized carbons (Fsp3) is 0.333. The van der Waals surface area contributed by atoms with Gasteiger partial charge in [-0.1, -0.05) is 0 Å². The van der Waals surface area contributed by atoms with E-state index in [0.717, 1.165) is 5.69 Å². The van der Waals surface area contributed by atoms with Gasteiger partial charge in [-0.2, -0.15) is 0 Å². The molecule has 1 aromatic carbocycles. The van der Waals surface area contributed by atoms with Gasteiger partial charge in [0.1, 0.15) is 5.75 Å². The van der Waals surface area contributed by atoms with Crippen LogP contribution in [0.3, 0.4) is 0 Å². The number of non-ortho nitro benzene ring substituents is 1. The lowest BCUT2D eigenvalue weighted by molar-refractivity contribution is -0.384. The quantitative estimate of drug-likeness (QED) is 0.545. The lowest BCUT2D eigenvalue weighted by Gasteiger charge is -2.13. The molecule has 0 fully saturated rings. The van der Waals surface area contributed by atoms with E-state index in [1.165, 1.54) is 19.2 Å². The molecule has 0 saturated carbocycles. The average Bonchev–Trinajstić information content (AvgIpc) is 2.16. The van der Waals surface area contributed by atoms with Gasteiger partial charge in [-0.05, 0) is 0 Å². The van der Waals surface area contributed by atoms with Gasteiger partial charge in [0, 0.05) is 31.9 Å². The van der Waals surface area contributed by atoms with Crippen molar-refractivity contribution >= 4 is 11.4 Å². The lowest BCUT2D eigenvalue weighted by Crippen LogP contribution is -2.09. The molecule has 0 aromatic heterocycles. The number of rotatable bonds is 3. The first-order valence-corrected chi connectivity index (χ1v) is 4.05. The Kier molecular flexibility index (Phi) is 2.91. The van der Waals surface area contributed by atoms with Crippen LogP contribution < -0.4 is 9.64 Å². The minimum absolute atomic E-state index is 0.0352. The average molecular weight is 196 g/mol. The monoisotopic (exact) mass is 196 g/mol. The summed E-state index contributed by atoms with van der Waals surface area (Å²) in [6, 6.07) is 4.64. The van der Waals surface area contributed by atoms with Crippen molar-refractivity contribution in [2.75, 3.05) is 26.1 Å². The molecule has 1 aromatic rings. The molecule has 0 spiro atoms. The minimum atomic E-state index is -0.435. The molecule has 0 radical (unpaired) electrons. The van der Waals surface area contributed by atoms with Crippen molar-refractivity contribution in [1.29, 1.82) is 0 Å². The maximum Gasteiger partial charge on any atom is 0.275 e. The van der Waals surface area contributed by atoms with Gasteiger partial charge in [0.25, 0.3) is 5.69 Å². The van der Waals surface area contributed by atoms with Crippen molar-refractivity contribution < 1.29 is 9.66 Å². The van der Waals surface area contributed by atoms with Crippen LogP contribution in [-0.4, -0.2) is 26.1 Å². The summed E-state index contributed by atoms with van der Waals surface area (Å²) in [7, 11) is 5.12. The zero-order valence-electron chi connectivity index (χ0n) is 8.35. The Balaban J connectivity index is 3.20. The predicted molar refractivity (Wildman–Crippen MR) is 54.0 cm³/mol. The van der Waals surface area contributed by atoms with Crippen molar-refractivity contribution in [3.63, 3.8) is 0 Å². The van der Waals surface area contributed by atoms with Crippen molar-refractivity contribution in [3.05, 3.63) is 28.3 Å². The summed E-state index contributed by atoms with van der Waals surface area (Å²) >= 11 is 0. The van der Waals surface area contributed by atoms with Gasteiger partial charge in [-0.3, -0.25) is 10.1 Å². The van der Waals surface area contributed by atoms with Crippen molar-refractivity contribution in [2.45, 2.75) is 0 Å². The van der Waals surface area contributed by atoms with Crippen molar-refractivity contribution in [3.8, 4) is 5.75 Å². The Morgan fingerprint density at radius 2 is 2.00 bits per heavy atom. The van der Waals surface area contributed by atoms with Gasteiger partial charge in [0.2, 0.25) is 0 Å². The second-order valence-corrected chi connectivity index (χ2v) is 3.04. The molecular formula is C9H12N2O3. The van der Waals surface area contributed by atoms with Gasteiger partial charge in [0.15, 0.2) is 0 Å². The minimum Gasteiger partial charge on any atom is -0.496 e. The highest BCUT2D eigenvalue weighted by molar-refractivity contribution is 5.57. The second-order valence-electron chi connectivity index (χ2n) is 3.04. The number of hydrogen-bond acceptors (Lipinski definition) is 4. The van der Waals surface area contributed by atoms with Gasteiger partial charge in [0.05, 0.1) is 18.1 Å². The molecule has 76 valence electrons. The highest BCUT2D eigenvalue weighted by atomic mass is 16.6. The molecule has 0 atom stereocenters. The van der Waals surface area contributed by atoms with Crippen LogP contribution in [0, 0.1) is 10.1 Å². The molecular weight excluding hydrogens is 184 g/mol. The summed E-state index contributed by atoms with van der Waals surface area (Å²) in [5, 5.41) is 10.6. The summed E-state index contributed by atoms with van der Waals surface area (Å²) in [6.45, 7) is 0. The second kappa shape index (κ2) is 3.95. The number of nitro benzene ring substituents is 1. The Bertz CT molecular complexity index is 350. The first kappa shape index (κ1) is 10.3. The Morgan fingerprint density at radius 3 is 2.43 bits per heavy atom. The van der Waals surface area contributed by atoms with Crippen LogP contribution in [0.2, 0.25) is 0 Å². The third kappa shape index (κ3) is 2.12. The van der Waals surface area contributed by atoms with E-state index in [4.69, 9.17) is 4.74 Å². The van der Waals surface area contributed by atoms with Gasteiger partial charge in [-0.25, -0.2) is 0 Å². The molecule has 0 saturated heterocycles. The third-order valence-corrected chi connectivity index (χ3v) is 1.84. The topological polar surface area (TPSA) is 55.6 Å². The third-order valence-electron chi connectivity index (χ3n) is 1.84. The van der Waals surface area contributed by atoms with Crippen molar-refractivity contribution in [2.24, 2.45) is 0 Å². The number of ether oxygens (including phenoxy) is 1. The first-order chi connectivity index (χ1) is 6.54. The normalized spacial score (nSPS) is 9.64.